The maximum absolute atomic E-state index is 12.0. The van der Waals surface area contributed by atoms with Crippen molar-refractivity contribution in [2.24, 2.45) is 0 Å². The Morgan fingerprint density at radius 3 is 1.33 bits per heavy atom. The number of nitro benzene ring substituents is 2. The van der Waals surface area contributed by atoms with Crippen molar-refractivity contribution in [3.63, 3.8) is 0 Å². The molecule has 10 heteroatoms. The van der Waals surface area contributed by atoms with Gasteiger partial charge in [-0.1, -0.05) is 23.5 Å². The summed E-state index contributed by atoms with van der Waals surface area (Å²) in [5.41, 5.74) is 0.635. The normalized spacial score (nSPS) is 10.4. The number of carbonyl (C=O) groups is 2. The molecule has 0 amide bonds. The Labute approximate surface area is 162 Å². The van der Waals surface area contributed by atoms with Gasteiger partial charge in [0.15, 0.2) is 0 Å². The maximum Gasteiger partial charge on any atom is 0.269 e. The van der Waals surface area contributed by atoms with E-state index in [-0.39, 0.29) is 21.6 Å². The molecule has 8 nitrogen and oxygen atoms in total. The summed E-state index contributed by atoms with van der Waals surface area (Å²) in [6.45, 7) is 0. The Hall–Kier alpha value is -2.72. The Morgan fingerprint density at radius 1 is 0.704 bits per heavy atom. The van der Waals surface area contributed by atoms with Crippen LogP contribution in [-0.4, -0.2) is 31.6 Å². The van der Waals surface area contributed by atoms with Gasteiger partial charge in [-0.25, -0.2) is 0 Å². The predicted molar refractivity (Wildman–Crippen MR) is 104 cm³/mol. The van der Waals surface area contributed by atoms with Gasteiger partial charge in [0.05, 0.1) is 9.85 Å². The second-order valence-corrected chi connectivity index (χ2v) is 7.37. The molecule has 0 heterocycles. The quantitative estimate of drug-likeness (QED) is 0.360. The lowest BCUT2D eigenvalue weighted by molar-refractivity contribution is -0.385. The van der Waals surface area contributed by atoms with Crippen LogP contribution in [0.2, 0.25) is 0 Å². The van der Waals surface area contributed by atoms with Gasteiger partial charge in [-0.15, -0.1) is 0 Å². The van der Waals surface area contributed by atoms with Crippen molar-refractivity contribution in [1.29, 1.82) is 0 Å². The third-order valence-corrected chi connectivity index (χ3v) is 5.36. The van der Waals surface area contributed by atoms with Crippen LogP contribution in [-0.2, 0) is 0 Å². The van der Waals surface area contributed by atoms with E-state index in [1.54, 1.807) is 0 Å². The zero-order chi connectivity index (χ0) is 19.8. The summed E-state index contributed by atoms with van der Waals surface area (Å²) in [6.07, 6.45) is 0.618. The lowest BCUT2D eigenvalue weighted by atomic mass is 10.2. The van der Waals surface area contributed by atoms with E-state index in [0.717, 1.165) is 23.5 Å². The minimum absolute atomic E-state index is 0.0716. The predicted octanol–water partition coefficient (Wildman–Crippen LogP) is 4.34. The lowest BCUT2D eigenvalue weighted by Crippen LogP contribution is -1.99. The summed E-state index contributed by atoms with van der Waals surface area (Å²) >= 11 is 2.18. The van der Waals surface area contributed by atoms with Crippen molar-refractivity contribution in [3.05, 3.63) is 79.9 Å². The molecule has 0 unspecified atom stereocenters. The second kappa shape index (κ2) is 9.83. The smallest absolute Gasteiger partial charge is 0.269 e. The highest BCUT2D eigenvalue weighted by atomic mass is 32.2. The Bertz CT molecular complexity index is 781. The van der Waals surface area contributed by atoms with Gasteiger partial charge in [0.2, 0.25) is 10.2 Å². The minimum atomic E-state index is -0.527. The van der Waals surface area contributed by atoms with Crippen molar-refractivity contribution in [2.75, 3.05) is 11.5 Å². The Kier molecular flexibility index (Phi) is 7.50. The molecule has 0 fully saturated rings. The molecule has 2 aromatic carbocycles. The van der Waals surface area contributed by atoms with Crippen molar-refractivity contribution in [3.8, 4) is 0 Å². The van der Waals surface area contributed by atoms with E-state index in [1.807, 2.05) is 0 Å². The van der Waals surface area contributed by atoms with Crippen LogP contribution in [0.3, 0.4) is 0 Å². The Morgan fingerprint density at radius 2 is 1.04 bits per heavy atom. The van der Waals surface area contributed by atoms with E-state index in [0.29, 0.717) is 29.1 Å². The molecule has 0 bridgehead atoms. The van der Waals surface area contributed by atoms with Crippen LogP contribution in [0, 0.1) is 20.2 Å². The van der Waals surface area contributed by atoms with Gasteiger partial charge in [-0.05, 0) is 30.7 Å². The van der Waals surface area contributed by atoms with E-state index in [2.05, 4.69) is 0 Å². The monoisotopic (exact) mass is 406 g/mol. The van der Waals surface area contributed by atoms with Crippen molar-refractivity contribution >= 4 is 45.1 Å². The molecule has 0 aliphatic heterocycles. The molecule has 0 N–H and O–H groups in total. The first-order chi connectivity index (χ1) is 12.9. The molecular formula is C17H14N2O6S2. The molecule has 2 aromatic rings. The zero-order valence-electron chi connectivity index (χ0n) is 13.9. The topological polar surface area (TPSA) is 120 Å². The fourth-order valence-electron chi connectivity index (χ4n) is 1.99. The van der Waals surface area contributed by atoms with Gasteiger partial charge < -0.3 is 0 Å². The van der Waals surface area contributed by atoms with E-state index < -0.39 is 9.85 Å². The molecular weight excluding hydrogens is 392 g/mol. The molecule has 2 rings (SSSR count). The highest BCUT2D eigenvalue weighted by Crippen LogP contribution is 2.20. The molecule has 0 aliphatic carbocycles. The summed E-state index contributed by atoms with van der Waals surface area (Å²) < 4.78 is 0. The number of non-ortho nitro benzene ring substituents is 2. The molecule has 140 valence electrons. The van der Waals surface area contributed by atoms with E-state index in [1.165, 1.54) is 48.5 Å². The molecule has 0 saturated carbocycles. The third-order valence-electron chi connectivity index (χ3n) is 3.38. The first-order valence-corrected chi connectivity index (χ1v) is 9.69. The van der Waals surface area contributed by atoms with E-state index in [9.17, 15) is 29.8 Å². The summed E-state index contributed by atoms with van der Waals surface area (Å²) in [7, 11) is 0. The SMILES string of the molecule is O=C(SCCCSC(=O)c1ccc([N+](=O)[O-])cc1)c1ccc([N+](=O)[O-])cc1. The van der Waals surface area contributed by atoms with Crippen LogP contribution in [0.1, 0.15) is 27.1 Å². The largest absolute Gasteiger partial charge is 0.282 e. The number of nitro groups is 2. The average molecular weight is 406 g/mol. The first kappa shape index (κ1) is 20.6. The van der Waals surface area contributed by atoms with Gasteiger partial charge in [0.1, 0.15) is 0 Å². The summed E-state index contributed by atoms with van der Waals surface area (Å²) in [4.78, 5) is 44.1. The lowest BCUT2D eigenvalue weighted by Gasteiger charge is -2.02. The molecule has 0 aromatic heterocycles. The molecule has 0 radical (unpaired) electrons. The van der Waals surface area contributed by atoms with E-state index >= 15 is 0 Å². The number of rotatable bonds is 8. The van der Waals surface area contributed by atoms with E-state index in [4.69, 9.17) is 0 Å². The standard InChI is InChI=1S/C17H14N2O6S2/c20-16(12-2-6-14(7-3-12)18(22)23)26-10-1-11-27-17(21)13-4-8-15(9-5-13)19(24)25/h2-9H,1,10-11H2. The van der Waals surface area contributed by atoms with Crippen molar-refractivity contribution in [1.82, 2.24) is 0 Å². The summed E-state index contributed by atoms with van der Waals surface area (Å²) in [6, 6.07) is 10.8. The minimum Gasteiger partial charge on any atom is -0.282 e. The second-order valence-electron chi connectivity index (χ2n) is 5.23. The molecule has 0 atom stereocenters. The van der Waals surface area contributed by atoms with Crippen LogP contribution < -0.4 is 0 Å². The van der Waals surface area contributed by atoms with Crippen LogP contribution in [0.5, 0.6) is 0 Å². The number of thioether (sulfide) groups is 2. The van der Waals surface area contributed by atoms with Crippen LogP contribution in [0.15, 0.2) is 48.5 Å². The van der Waals surface area contributed by atoms with Crippen molar-refractivity contribution in [2.45, 2.75) is 6.42 Å². The van der Waals surface area contributed by atoms with Gasteiger partial charge >= 0.3 is 0 Å². The highest BCUT2D eigenvalue weighted by molar-refractivity contribution is 8.14. The maximum atomic E-state index is 12.0. The number of hydrogen-bond donors (Lipinski definition) is 0. The van der Waals surface area contributed by atoms with Crippen LogP contribution in [0.4, 0.5) is 11.4 Å². The Balaban J connectivity index is 1.71. The molecule has 27 heavy (non-hydrogen) atoms. The fourth-order valence-corrected chi connectivity index (χ4v) is 3.73. The zero-order valence-corrected chi connectivity index (χ0v) is 15.5. The number of hydrogen-bond acceptors (Lipinski definition) is 8. The summed E-state index contributed by atoms with van der Waals surface area (Å²) in [5.74, 6) is 1.02. The molecule has 0 spiro atoms. The highest BCUT2D eigenvalue weighted by Gasteiger charge is 2.12. The molecule has 0 saturated heterocycles. The number of benzene rings is 2. The average Bonchev–Trinajstić information content (AvgIpc) is 2.67. The third kappa shape index (κ3) is 6.19. The summed E-state index contributed by atoms with van der Waals surface area (Å²) in [5, 5.41) is 20.8. The van der Waals surface area contributed by atoms with Crippen LogP contribution in [0.25, 0.3) is 0 Å². The van der Waals surface area contributed by atoms with Gasteiger partial charge in [0.25, 0.3) is 11.4 Å². The number of carbonyl (C=O) groups excluding carboxylic acids is 2. The van der Waals surface area contributed by atoms with Gasteiger partial charge in [0, 0.05) is 46.9 Å². The van der Waals surface area contributed by atoms with Crippen molar-refractivity contribution < 1.29 is 19.4 Å². The number of nitrogens with zero attached hydrogens (tertiary/aromatic N) is 2. The van der Waals surface area contributed by atoms with Gasteiger partial charge in [-0.2, -0.15) is 0 Å². The first-order valence-electron chi connectivity index (χ1n) is 7.71. The molecule has 0 aliphatic rings. The van der Waals surface area contributed by atoms with Gasteiger partial charge in [-0.3, -0.25) is 29.8 Å². The van der Waals surface area contributed by atoms with Crippen LogP contribution >= 0.6 is 23.5 Å². The fraction of sp³-hybridized carbons (Fsp3) is 0.176.